The van der Waals surface area contributed by atoms with Gasteiger partial charge in [0.2, 0.25) is 0 Å². The van der Waals surface area contributed by atoms with Gasteiger partial charge < -0.3 is 0 Å². The number of hydrogen-bond donors (Lipinski definition) is 0. The number of pyridine rings is 1. The molecule has 0 spiro atoms. The Morgan fingerprint density at radius 2 is 2.13 bits per heavy atom. The van der Waals surface area contributed by atoms with Crippen molar-refractivity contribution in [1.82, 2.24) is 4.98 Å². The van der Waals surface area contributed by atoms with E-state index in [2.05, 4.69) is 18.0 Å². The van der Waals surface area contributed by atoms with Gasteiger partial charge in [0.15, 0.2) is 5.78 Å². The van der Waals surface area contributed by atoms with Gasteiger partial charge in [-0.1, -0.05) is 25.1 Å². The normalized spacial score (nSPS) is 19.5. The lowest BCUT2D eigenvalue weighted by Gasteiger charge is -2.07. The molecule has 1 unspecified atom stereocenters. The maximum absolute atomic E-state index is 11.7. The number of rotatable bonds is 0. The molecule has 0 fully saturated rings. The Labute approximate surface area is 87.9 Å². The number of Topliss-reactive ketones (excluding diaryl/α,β-unsaturated/α-hetero) is 1. The lowest BCUT2D eigenvalue weighted by atomic mass is 9.99. The molecule has 0 N–H and O–H groups in total. The number of aromatic nitrogens is 1. The minimum atomic E-state index is 0.232. The number of hydrogen-bond acceptors (Lipinski definition) is 2. The van der Waals surface area contributed by atoms with Crippen molar-refractivity contribution in [2.75, 3.05) is 0 Å². The number of ketones is 1. The average molecular weight is 197 g/mol. The summed E-state index contributed by atoms with van der Waals surface area (Å²) in [5.41, 5.74) is 2.99. The first-order valence-corrected chi connectivity index (χ1v) is 5.18. The zero-order valence-electron chi connectivity index (χ0n) is 8.53. The van der Waals surface area contributed by atoms with Crippen LogP contribution < -0.4 is 0 Å². The highest BCUT2D eigenvalue weighted by atomic mass is 16.1. The predicted octanol–water partition coefficient (Wildman–Crippen LogP) is 2.92. The SMILES string of the molecule is CC1CC(=O)c2cnc3ccccc3c21. The fourth-order valence-electron chi connectivity index (χ4n) is 2.41. The summed E-state index contributed by atoms with van der Waals surface area (Å²) in [6, 6.07) is 8.02. The van der Waals surface area contributed by atoms with Crippen LogP contribution in [0.15, 0.2) is 30.5 Å². The second-order valence-corrected chi connectivity index (χ2v) is 4.13. The fraction of sp³-hybridized carbons (Fsp3) is 0.231. The van der Waals surface area contributed by atoms with Crippen molar-refractivity contribution in [3.63, 3.8) is 0 Å². The molecule has 0 aliphatic heterocycles. The van der Waals surface area contributed by atoms with Crippen LogP contribution in [0.5, 0.6) is 0 Å². The molecule has 0 bridgehead atoms. The number of nitrogens with zero attached hydrogens (tertiary/aromatic N) is 1. The van der Waals surface area contributed by atoms with Crippen LogP contribution in [0.4, 0.5) is 0 Å². The molecular formula is C13H11NO. The first-order valence-electron chi connectivity index (χ1n) is 5.18. The van der Waals surface area contributed by atoms with Crippen molar-refractivity contribution in [1.29, 1.82) is 0 Å². The van der Waals surface area contributed by atoms with E-state index < -0.39 is 0 Å². The molecule has 0 radical (unpaired) electrons. The maximum Gasteiger partial charge on any atom is 0.165 e. The molecule has 2 nitrogen and oxygen atoms in total. The van der Waals surface area contributed by atoms with Gasteiger partial charge in [-0.15, -0.1) is 0 Å². The number of fused-ring (bicyclic) bond motifs is 3. The van der Waals surface area contributed by atoms with Crippen LogP contribution in [-0.4, -0.2) is 10.8 Å². The Morgan fingerprint density at radius 3 is 3.00 bits per heavy atom. The molecule has 2 aromatic rings. The zero-order chi connectivity index (χ0) is 10.4. The van der Waals surface area contributed by atoms with Crippen LogP contribution in [0, 0.1) is 0 Å². The number of para-hydroxylation sites is 1. The van der Waals surface area contributed by atoms with E-state index in [4.69, 9.17) is 0 Å². The van der Waals surface area contributed by atoms with Gasteiger partial charge in [-0.05, 0) is 17.5 Å². The van der Waals surface area contributed by atoms with Gasteiger partial charge in [0.25, 0.3) is 0 Å². The highest BCUT2D eigenvalue weighted by Crippen LogP contribution is 2.36. The van der Waals surface area contributed by atoms with E-state index in [1.165, 1.54) is 5.56 Å². The van der Waals surface area contributed by atoms with E-state index in [1.807, 2.05) is 18.2 Å². The summed E-state index contributed by atoms with van der Waals surface area (Å²) in [7, 11) is 0. The Morgan fingerprint density at radius 1 is 1.33 bits per heavy atom. The van der Waals surface area contributed by atoms with Crippen LogP contribution >= 0.6 is 0 Å². The minimum Gasteiger partial charge on any atom is -0.294 e. The molecular weight excluding hydrogens is 186 g/mol. The molecule has 74 valence electrons. The smallest absolute Gasteiger partial charge is 0.165 e. The molecule has 0 amide bonds. The molecule has 1 aliphatic rings. The average Bonchev–Trinajstić information content (AvgIpc) is 2.55. The summed E-state index contributed by atoms with van der Waals surface area (Å²) in [5.74, 6) is 0.566. The van der Waals surface area contributed by atoms with Gasteiger partial charge >= 0.3 is 0 Å². The quantitative estimate of drug-likeness (QED) is 0.650. The highest BCUT2D eigenvalue weighted by molar-refractivity contribution is 6.05. The molecule has 2 heteroatoms. The van der Waals surface area contributed by atoms with E-state index in [0.717, 1.165) is 16.5 Å². The molecule has 15 heavy (non-hydrogen) atoms. The van der Waals surface area contributed by atoms with Crippen molar-refractivity contribution in [3.05, 3.63) is 41.6 Å². The van der Waals surface area contributed by atoms with E-state index in [-0.39, 0.29) is 5.78 Å². The monoisotopic (exact) mass is 197 g/mol. The minimum absolute atomic E-state index is 0.232. The van der Waals surface area contributed by atoms with E-state index >= 15 is 0 Å². The van der Waals surface area contributed by atoms with Crippen LogP contribution in [-0.2, 0) is 0 Å². The number of carbonyl (C=O) groups is 1. The van der Waals surface area contributed by atoms with Crippen molar-refractivity contribution in [3.8, 4) is 0 Å². The first kappa shape index (κ1) is 8.60. The first-order chi connectivity index (χ1) is 7.27. The Balaban J connectivity index is 2.44. The fourth-order valence-corrected chi connectivity index (χ4v) is 2.41. The Bertz CT molecular complexity index is 559. The van der Waals surface area contributed by atoms with E-state index in [9.17, 15) is 4.79 Å². The Kier molecular flexibility index (Phi) is 1.66. The van der Waals surface area contributed by atoms with Crippen molar-refractivity contribution in [2.45, 2.75) is 19.3 Å². The topological polar surface area (TPSA) is 30.0 Å². The Hall–Kier alpha value is -1.70. The summed E-state index contributed by atoms with van der Waals surface area (Å²) in [5, 5.41) is 1.13. The summed E-state index contributed by atoms with van der Waals surface area (Å²) >= 11 is 0. The maximum atomic E-state index is 11.7. The van der Waals surface area contributed by atoms with Gasteiger partial charge in [-0.3, -0.25) is 9.78 Å². The molecule has 1 aliphatic carbocycles. The van der Waals surface area contributed by atoms with E-state index in [1.54, 1.807) is 6.20 Å². The lowest BCUT2D eigenvalue weighted by Crippen LogP contribution is -1.93. The largest absolute Gasteiger partial charge is 0.294 e. The van der Waals surface area contributed by atoms with Crippen molar-refractivity contribution in [2.24, 2.45) is 0 Å². The van der Waals surface area contributed by atoms with E-state index in [0.29, 0.717) is 12.3 Å². The van der Waals surface area contributed by atoms with Crippen molar-refractivity contribution >= 4 is 16.7 Å². The molecule has 1 heterocycles. The second-order valence-electron chi connectivity index (χ2n) is 4.13. The molecule has 0 saturated carbocycles. The summed E-state index contributed by atoms with van der Waals surface area (Å²) in [6.45, 7) is 2.11. The van der Waals surface area contributed by atoms with Gasteiger partial charge in [0.05, 0.1) is 5.52 Å². The second kappa shape index (κ2) is 2.89. The van der Waals surface area contributed by atoms with Gasteiger partial charge in [0, 0.05) is 23.6 Å². The third-order valence-electron chi connectivity index (χ3n) is 3.10. The van der Waals surface area contributed by atoms with Gasteiger partial charge in [-0.2, -0.15) is 0 Å². The molecule has 1 aromatic heterocycles. The zero-order valence-corrected chi connectivity index (χ0v) is 8.53. The number of benzene rings is 1. The summed E-state index contributed by atoms with van der Waals surface area (Å²) < 4.78 is 0. The molecule has 0 saturated heterocycles. The third kappa shape index (κ3) is 1.11. The predicted molar refractivity (Wildman–Crippen MR) is 59.1 cm³/mol. The molecule has 3 rings (SSSR count). The molecule has 1 atom stereocenters. The van der Waals surface area contributed by atoms with Gasteiger partial charge in [-0.25, -0.2) is 0 Å². The summed E-state index contributed by atoms with van der Waals surface area (Å²) in [4.78, 5) is 16.0. The van der Waals surface area contributed by atoms with Crippen LogP contribution in [0.25, 0.3) is 10.9 Å². The standard InChI is InChI=1S/C13H11NO/c1-8-6-12(15)10-7-14-11-5-3-2-4-9(11)13(8)10/h2-5,7-8H,6H2,1H3. The lowest BCUT2D eigenvalue weighted by molar-refractivity contribution is 0.0990. The van der Waals surface area contributed by atoms with Crippen molar-refractivity contribution < 1.29 is 4.79 Å². The summed E-state index contributed by atoms with van der Waals surface area (Å²) in [6.07, 6.45) is 2.36. The molecule has 1 aromatic carbocycles. The van der Waals surface area contributed by atoms with Gasteiger partial charge in [0.1, 0.15) is 0 Å². The number of carbonyl (C=O) groups excluding carboxylic acids is 1. The third-order valence-corrected chi connectivity index (χ3v) is 3.10. The van der Waals surface area contributed by atoms with Crippen LogP contribution in [0.3, 0.4) is 0 Å². The van der Waals surface area contributed by atoms with Crippen LogP contribution in [0.1, 0.15) is 35.2 Å². The highest BCUT2D eigenvalue weighted by Gasteiger charge is 2.28. The van der Waals surface area contributed by atoms with Crippen LogP contribution in [0.2, 0.25) is 0 Å².